The molecule has 0 aliphatic carbocycles. The SMILES string of the molecule is CO[C@H]1O[C@H](COC(c2ccccc2)(c2ccccc2)c2ccccc2)[C@H](F)[C@@H](OC(C)=O)[C@@H]1O. The molecule has 1 aliphatic heterocycles. The summed E-state index contributed by atoms with van der Waals surface area (Å²) in [5.41, 5.74) is 1.47. The number of rotatable bonds is 8. The predicted molar refractivity (Wildman–Crippen MR) is 127 cm³/mol. The van der Waals surface area contributed by atoms with E-state index in [-0.39, 0.29) is 6.61 Å². The first-order valence-electron chi connectivity index (χ1n) is 11.5. The van der Waals surface area contributed by atoms with Gasteiger partial charge in [-0.2, -0.15) is 0 Å². The first kappa shape index (κ1) is 25.0. The molecule has 0 amide bonds. The Hall–Kier alpha value is -3.10. The summed E-state index contributed by atoms with van der Waals surface area (Å²) in [5, 5.41) is 10.4. The Kier molecular flexibility index (Phi) is 7.93. The zero-order chi connectivity index (χ0) is 24.8. The lowest BCUT2D eigenvalue weighted by atomic mass is 9.80. The lowest BCUT2D eigenvalue weighted by Gasteiger charge is -2.42. The molecule has 7 heteroatoms. The Bertz CT molecular complexity index is 982. The van der Waals surface area contributed by atoms with Crippen molar-refractivity contribution in [1.29, 1.82) is 0 Å². The van der Waals surface area contributed by atoms with E-state index >= 15 is 4.39 Å². The van der Waals surface area contributed by atoms with Crippen molar-refractivity contribution in [2.24, 2.45) is 0 Å². The van der Waals surface area contributed by atoms with Gasteiger partial charge in [-0.1, -0.05) is 91.0 Å². The van der Waals surface area contributed by atoms with Gasteiger partial charge >= 0.3 is 5.97 Å². The third-order valence-electron chi connectivity index (χ3n) is 6.13. The molecule has 1 saturated heterocycles. The van der Waals surface area contributed by atoms with E-state index in [1.54, 1.807) is 0 Å². The van der Waals surface area contributed by atoms with Crippen molar-refractivity contribution in [3.63, 3.8) is 0 Å². The number of carbonyl (C=O) groups is 1. The van der Waals surface area contributed by atoms with E-state index in [4.69, 9.17) is 18.9 Å². The molecule has 0 radical (unpaired) electrons. The minimum absolute atomic E-state index is 0.204. The maximum atomic E-state index is 15.5. The zero-order valence-electron chi connectivity index (χ0n) is 19.6. The predicted octanol–water partition coefficient (Wildman–Crippen LogP) is 4.00. The van der Waals surface area contributed by atoms with Crippen LogP contribution < -0.4 is 0 Å². The van der Waals surface area contributed by atoms with Crippen LogP contribution in [-0.2, 0) is 29.3 Å². The summed E-state index contributed by atoms with van der Waals surface area (Å²) < 4.78 is 38.1. The number of benzene rings is 3. The molecule has 3 aromatic carbocycles. The normalized spacial score (nSPS) is 24.6. The number of aliphatic hydroxyl groups excluding tert-OH is 1. The molecule has 184 valence electrons. The Labute approximate surface area is 204 Å². The highest BCUT2D eigenvalue weighted by molar-refractivity contribution is 5.66. The van der Waals surface area contributed by atoms with E-state index in [1.165, 1.54) is 7.11 Å². The number of alkyl halides is 1. The highest BCUT2D eigenvalue weighted by atomic mass is 19.1. The maximum absolute atomic E-state index is 15.5. The van der Waals surface area contributed by atoms with Gasteiger partial charge in [0.1, 0.15) is 17.8 Å². The first-order valence-corrected chi connectivity index (χ1v) is 11.5. The minimum Gasteiger partial charge on any atom is -0.456 e. The summed E-state index contributed by atoms with van der Waals surface area (Å²) in [6.07, 6.45) is -7.10. The van der Waals surface area contributed by atoms with Crippen LogP contribution in [0.2, 0.25) is 0 Å². The van der Waals surface area contributed by atoms with Gasteiger partial charge in [-0.25, -0.2) is 4.39 Å². The van der Waals surface area contributed by atoms with Gasteiger partial charge in [0.15, 0.2) is 18.6 Å². The third kappa shape index (κ3) is 5.13. The lowest BCUT2D eigenvalue weighted by molar-refractivity contribution is -0.291. The van der Waals surface area contributed by atoms with Gasteiger partial charge in [-0.05, 0) is 16.7 Å². The van der Waals surface area contributed by atoms with Gasteiger partial charge in [0.05, 0.1) is 6.61 Å². The van der Waals surface area contributed by atoms with Crippen molar-refractivity contribution in [1.82, 2.24) is 0 Å². The minimum atomic E-state index is -1.83. The van der Waals surface area contributed by atoms with E-state index in [9.17, 15) is 9.90 Å². The van der Waals surface area contributed by atoms with Gasteiger partial charge in [-0.3, -0.25) is 4.79 Å². The van der Waals surface area contributed by atoms with Crippen LogP contribution in [0, 0.1) is 0 Å². The van der Waals surface area contributed by atoms with Crippen molar-refractivity contribution in [3.8, 4) is 0 Å². The second kappa shape index (κ2) is 11.1. The second-order valence-corrected chi connectivity index (χ2v) is 8.38. The summed E-state index contributed by atoms with van der Waals surface area (Å²) in [7, 11) is 1.33. The average Bonchev–Trinajstić information content (AvgIpc) is 2.90. The fourth-order valence-electron chi connectivity index (χ4n) is 4.51. The van der Waals surface area contributed by atoms with Gasteiger partial charge in [-0.15, -0.1) is 0 Å². The van der Waals surface area contributed by atoms with Crippen LogP contribution in [0.5, 0.6) is 0 Å². The fourth-order valence-corrected chi connectivity index (χ4v) is 4.51. The maximum Gasteiger partial charge on any atom is 0.303 e. The van der Waals surface area contributed by atoms with Crippen LogP contribution in [0.3, 0.4) is 0 Å². The number of ether oxygens (including phenoxy) is 4. The highest BCUT2D eigenvalue weighted by Gasteiger charge is 2.49. The van der Waals surface area contributed by atoms with Crippen LogP contribution in [-0.4, -0.2) is 55.6 Å². The summed E-state index contributed by atoms with van der Waals surface area (Å²) in [4.78, 5) is 11.6. The molecule has 3 aromatic rings. The van der Waals surface area contributed by atoms with E-state index < -0.39 is 42.3 Å². The summed E-state index contributed by atoms with van der Waals surface area (Å²) in [6.45, 7) is 0.956. The van der Waals surface area contributed by atoms with Crippen molar-refractivity contribution < 1.29 is 33.2 Å². The molecular formula is C28H29FO6. The van der Waals surface area contributed by atoms with E-state index in [1.807, 2.05) is 91.0 Å². The molecule has 4 rings (SSSR count). The molecule has 0 bridgehead atoms. The summed E-state index contributed by atoms with van der Waals surface area (Å²) >= 11 is 0. The van der Waals surface area contributed by atoms with E-state index in [2.05, 4.69) is 0 Å². The molecule has 1 N–H and O–H groups in total. The van der Waals surface area contributed by atoms with Crippen molar-refractivity contribution >= 4 is 5.97 Å². The number of hydrogen-bond acceptors (Lipinski definition) is 6. The Morgan fingerprint density at radius 2 is 1.37 bits per heavy atom. The Morgan fingerprint density at radius 3 is 1.77 bits per heavy atom. The molecule has 1 heterocycles. The standard InChI is InChI=1S/C28H29FO6/c1-19(30)34-26-24(29)23(35-27(32-2)25(26)31)18-33-28(20-12-6-3-7-13-20,21-14-8-4-9-15-21)22-16-10-5-11-17-22/h3-17,23-27,31H,18H2,1-2H3/t23-,24+,25+,26-,27+/m1/s1. The van der Waals surface area contributed by atoms with E-state index in [0.29, 0.717) is 0 Å². The van der Waals surface area contributed by atoms with Crippen molar-refractivity contribution in [3.05, 3.63) is 108 Å². The van der Waals surface area contributed by atoms with Crippen molar-refractivity contribution in [2.45, 2.75) is 43.3 Å². The molecule has 0 saturated carbocycles. The molecule has 1 aliphatic rings. The van der Waals surface area contributed by atoms with Gasteiger partial charge in [0, 0.05) is 14.0 Å². The third-order valence-corrected chi connectivity index (χ3v) is 6.13. The smallest absolute Gasteiger partial charge is 0.303 e. The van der Waals surface area contributed by atoms with Crippen LogP contribution in [0.25, 0.3) is 0 Å². The average molecular weight is 481 g/mol. The molecule has 0 unspecified atom stereocenters. The van der Waals surface area contributed by atoms with Gasteiger partial charge in [0.2, 0.25) is 0 Å². The lowest BCUT2D eigenvalue weighted by Crippen LogP contribution is -2.59. The number of esters is 1. The number of methoxy groups -OCH3 is 1. The Balaban J connectivity index is 1.75. The zero-order valence-corrected chi connectivity index (χ0v) is 19.6. The number of carbonyl (C=O) groups excluding carboxylic acids is 1. The molecule has 1 fully saturated rings. The van der Waals surface area contributed by atoms with Crippen molar-refractivity contribution in [2.75, 3.05) is 13.7 Å². The van der Waals surface area contributed by atoms with Crippen LogP contribution in [0.4, 0.5) is 4.39 Å². The first-order chi connectivity index (χ1) is 17.0. The molecule has 5 atom stereocenters. The summed E-state index contributed by atoms with van der Waals surface area (Å²) in [6, 6.07) is 29.0. The fraction of sp³-hybridized carbons (Fsp3) is 0.321. The topological polar surface area (TPSA) is 74.2 Å². The monoisotopic (exact) mass is 480 g/mol. The Morgan fingerprint density at radius 1 is 0.914 bits per heavy atom. The van der Waals surface area contributed by atoms with Crippen LogP contribution in [0.1, 0.15) is 23.6 Å². The van der Waals surface area contributed by atoms with Gasteiger partial charge in [0.25, 0.3) is 0 Å². The quantitative estimate of drug-likeness (QED) is 0.388. The molecular weight excluding hydrogens is 451 g/mol. The second-order valence-electron chi connectivity index (χ2n) is 8.38. The number of aliphatic hydroxyl groups is 1. The molecule has 0 aromatic heterocycles. The van der Waals surface area contributed by atoms with Crippen LogP contribution in [0.15, 0.2) is 91.0 Å². The van der Waals surface area contributed by atoms with Gasteiger partial charge < -0.3 is 24.1 Å². The summed E-state index contributed by atoms with van der Waals surface area (Å²) in [5.74, 6) is -0.708. The van der Waals surface area contributed by atoms with E-state index in [0.717, 1.165) is 23.6 Å². The number of halogens is 1. The highest BCUT2D eigenvalue weighted by Crippen LogP contribution is 2.41. The molecule has 6 nitrogen and oxygen atoms in total. The van der Waals surface area contributed by atoms with Crippen LogP contribution >= 0.6 is 0 Å². The molecule has 0 spiro atoms. The number of hydrogen-bond donors (Lipinski definition) is 1. The largest absolute Gasteiger partial charge is 0.456 e. The molecule has 35 heavy (non-hydrogen) atoms.